The van der Waals surface area contributed by atoms with Gasteiger partial charge >= 0.3 is 0 Å². The van der Waals surface area contributed by atoms with Crippen molar-refractivity contribution in [1.29, 1.82) is 0 Å². The molecule has 0 atom stereocenters. The van der Waals surface area contributed by atoms with Gasteiger partial charge in [-0.3, -0.25) is 4.79 Å². The van der Waals surface area contributed by atoms with Crippen LogP contribution in [-0.4, -0.2) is 12.5 Å². The van der Waals surface area contributed by atoms with E-state index in [0.717, 1.165) is 32.0 Å². The first-order valence-corrected chi connectivity index (χ1v) is 7.93. The number of hydrogen-bond acceptors (Lipinski definition) is 3. The van der Waals surface area contributed by atoms with Gasteiger partial charge in [0, 0.05) is 35.0 Å². The number of benzene rings is 1. The minimum Gasteiger partial charge on any atom is -0.322 e. The van der Waals surface area contributed by atoms with E-state index in [1.54, 1.807) is 17.4 Å². The highest BCUT2D eigenvalue weighted by Crippen LogP contribution is 2.30. The highest BCUT2D eigenvalue weighted by atomic mass is 32.1. The van der Waals surface area contributed by atoms with Crippen LogP contribution in [0, 0.1) is 0 Å². The van der Waals surface area contributed by atoms with Gasteiger partial charge in [0.1, 0.15) is 0 Å². The summed E-state index contributed by atoms with van der Waals surface area (Å²) in [6, 6.07) is 5.81. The molecule has 0 unspecified atom stereocenters. The highest BCUT2D eigenvalue weighted by Gasteiger charge is 2.25. The molecule has 3 rings (SSSR count). The van der Waals surface area contributed by atoms with Crippen LogP contribution in [0.15, 0.2) is 29.6 Å². The molecule has 1 amide bonds. The van der Waals surface area contributed by atoms with E-state index in [-0.39, 0.29) is 11.5 Å². The topological polar surface area (TPSA) is 41.1 Å². The number of carbonyl (C=O) groups is 1. The molecule has 22 heavy (non-hydrogen) atoms. The first-order chi connectivity index (χ1) is 10.4. The standard InChI is InChI=1S/C16H16F2N2OS/c1-16(17,18)10-3-2-4-11(7-10)20-15(21)13-9-22-14-8-19-6-5-12(13)14/h2-4,7,9,19H,5-6,8H2,1H3,(H,20,21). The maximum atomic E-state index is 13.4. The Kier molecular flexibility index (Phi) is 3.97. The second-order valence-electron chi connectivity index (χ2n) is 5.40. The van der Waals surface area contributed by atoms with E-state index in [1.165, 1.54) is 23.1 Å². The fourth-order valence-corrected chi connectivity index (χ4v) is 3.57. The van der Waals surface area contributed by atoms with Crippen LogP contribution in [0.25, 0.3) is 0 Å². The van der Waals surface area contributed by atoms with Gasteiger partial charge in [-0.15, -0.1) is 11.3 Å². The Morgan fingerprint density at radius 2 is 2.23 bits per heavy atom. The molecular weight excluding hydrogens is 306 g/mol. The molecular formula is C16H16F2N2OS. The third kappa shape index (κ3) is 3.03. The van der Waals surface area contributed by atoms with Crippen molar-refractivity contribution >= 4 is 22.9 Å². The molecule has 116 valence electrons. The van der Waals surface area contributed by atoms with Crippen molar-refractivity contribution in [2.75, 3.05) is 11.9 Å². The summed E-state index contributed by atoms with van der Waals surface area (Å²) in [5.41, 5.74) is 1.99. The minimum absolute atomic E-state index is 0.109. The summed E-state index contributed by atoms with van der Waals surface area (Å²) in [6.45, 7) is 2.47. The molecule has 1 aromatic carbocycles. The van der Waals surface area contributed by atoms with E-state index in [9.17, 15) is 13.6 Å². The maximum absolute atomic E-state index is 13.4. The van der Waals surface area contributed by atoms with Crippen molar-refractivity contribution in [3.8, 4) is 0 Å². The van der Waals surface area contributed by atoms with Crippen molar-refractivity contribution in [2.45, 2.75) is 25.8 Å². The molecule has 3 nitrogen and oxygen atoms in total. The van der Waals surface area contributed by atoms with Gasteiger partial charge < -0.3 is 10.6 Å². The summed E-state index contributed by atoms with van der Waals surface area (Å²) in [7, 11) is 0. The van der Waals surface area contributed by atoms with E-state index in [4.69, 9.17) is 0 Å². The monoisotopic (exact) mass is 322 g/mol. The largest absolute Gasteiger partial charge is 0.322 e. The zero-order valence-corrected chi connectivity index (χ0v) is 12.9. The molecule has 6 heteroatoms. The van der Waals surface area contributed by atoms with Gasteiger partial charge in [0.2, 0.25) is 0 Å². The lowest BCUT2D eigenvalue weighted by molar-refractivity contribution is 0.0175. The maximum Gasteiger partial charge on any atom is 0.270 e. The SMILES string of the molecule is CC(F)(F)c1cccc(NC(=O)c2csc3c2CCNC3)c1. The van der Waals surface area contributed by atoms with Gasteiger partial charge in [-0.1, -0.05) is 12.1 Å². The van der Waals surface area contributed by atoms with Crippen LogP contribution in [-0.2, 0) is 18.9 Å². The van der Waals surface area contributed by atoms with Gasteiger partial charge in [-0.2, -0.15) is 0 Å². The van der Waals surface area contributed by atoms with E-state index in [0.29, 0.717) is 11.3 Å². The Hall–Kier alpha value is -1.79. The number of fused-ring (bicyclic) bond motifs is 1. The Labute approximate surface area is 131 Å². The molecule has 0 spiro atoms. The normalized spacial score (nSPS) is 14.5. The second-order valence-corrected chi connectivity index (χ2v) is 6.37. The Bertz CT molecular complexity index is 706. The molecule has 0 bridgehead atoms. The van der Waals surface area contributed by atoms with Crippen LogP contribution in [0.3, 0.4) is 0 Å². The van der Waals surface area contributed by atoms with Crippen molar-refractivity contribution < 1.29 is 13.6 Å². The van der Waals surface area contributed by atoms with Gasteiger partial charge in [0.05, 0.1) is 5.56 Å². The first kappa shape index (κ1) is 15.1. The number of alkyl halides is 2. The number of nitrogens with one attached hydrogen (secondary N) is 2. The second kappa shape index (κ2) is 5.78. The number of hydrogen-bond donors (Lipinski definition) is 2. The van der Waals surface area contributed by atoms with Crippen LogP contribution >= 0.6 is 11.3 Å². The summed E-state index contributed by atoms with van der Waals surface area (Å²) in [5, 5.41) is 7.82. The molecule has 1 aliphatic heterocycles. The summed E-state index contributed by atoms with van der Waals surface area (Å²) in [5.74, 6) is -3.16. The molecule has 0 saturated carbocycles. The minimum atomic E-state index is -2.92. The molecule has 1 aliphatic rings. The highest BCUT2D eigenvalue weighted by molar-refractivity contribution is 7.10. The Morgan fingerprint density at radius 3 is 3.00 bits per heavy atom. The Morgan fingerprint density at radius 1 is 1.41 bits per heavy atom. The molecule has 0 aliphatic carbocycles. The average molecular weight is 322 g/mol. The zero-order chi connectivity index (χ0) is 15.7. The quantitative estimate of drug-likeness (QED) is 0.903. The molecule has 1 aromatic heterocycles. The van der Waals surface area contributed by atoms with E-state index in [2.05, 4.69) is 10.6 Å². The fourth-order valence-electron chi connectivity index (χ4n) is 2.52. The van der Waals surface area contributed by atoms with Crippen molar-refractivity contribution in [2.24, 2.45) is 0 Å². The lowest BCUT2D eigenvalue weighted by Gasteiger charge is -2.15. The molecule has 2 aromatic rings. The molecule has 0 fully saturated rings. The molecule has 2 N–H and O–H groups in total. The number of thiophene rings is 1. The van der Waals surface area contributed by atoms with Gasteiger partial charge in [0.25, 0.3) is 11.8 Å². The van der Waals surface area contributed by atoms with E-state index >= 15 is 0 Å². The number of halogens is 2. The summed E-state index contributed by atoms with van der Waals surface area (Å²) >= 11 is 1.55. The lowest BCUT2D eigenvalue weighted by atomic mass is 10.0. The van der Waals surface area contributed by atoms with Crippen LogP contribution in [0.5, 0.6) is 0 Å². The van der Waals surface area contributed by atoms with Crippen molar-refractivity contribution in [3.05, 3.63) is 51.2 Å². The summed E-state index contributed by atoms with van der Waals surface area (Å²) < 4.78 is 26.7. The fraction of sp³-hybridized carbons (Fsp3) is 0.312. The van der Waals surface area contributed by atoms with Crippen molar-refractivity contribution in [3.63, 3.8) is 0 Å². The number of carbonyl (C=O) groups excluding carboxylic acids is 1. The van der Waals surface area contributed by atoms with E-state index in [1.807, 2.05) is 5.38 Å². The summed E-state index contributed by atoms with van der Waals surface area (Å²) in [6.07, 6.45) is 0.814. The first-order valence-electron chi connectivity index (χ1n) is 7.05. The number of anilines is 1. The van der Waals surface area contributed by atoms with Crippen LogP contribution in [0.1, 0.15) is 33.3 Å². The van der Waals surface area contributed by atoms with E-state index < -0.39 is 5.92 Å². The zero-order valence-electron chi connectivity index (χ0n) is 12.1. The van der Waals surface area contributed by atoms with Crippen LogP contribution < -0.4 is 10.6 Å². The molecule has 2 heterocycles. The van der Waals surface area contributed by atoms with Gasteiger partial charge in [-0.05, 0) is 30.7 Å². The predicted molar refractivity (Wildman–Crippen MR) is 83.7 cm³/mol. The average Bonchev–Trinajstić information content (AvgIpc) is 2.90. The van der Waals surface area contributed by atoms with Crippen molar-refractivity contribution in [1.82, 2.24) is 5.32 Å². The Balaban J connectivity index is 1.82. The summed E-state index contributed by atoms with van der Waals surface area (Å²) in [4.78, 5) is 13.6. The smallest absolute Gasteiger partial charge is 0.270 e. The molecule has 0 saturated heterocycles. The number of amides is 1. The van der Waals surface area contributed by atoms with Crippen LogP contribution in [0.4, 0.5) is 14.5 Å². The van der Waals surface area contributed by atoms with Crippen LogP contribution in [0.2, 0.25) is 0 Å². The molecule has 0 radical (unpaired) electrons. The predicted octanol–water partition coefficient (Wildman–Crippen LogP) is 3.76. The van der Waals surface area contributed by atoms with Gasteiger partial charge in [-0.25, -0.2) is 8.78 Å². The number of rotatable bonds is 3. The third-order valence-electron chi connectivity index (χ3n) is 3.69. The third-order valence-corrected chi connectivity index (χ3v) is 4.72. The lowest BCUT2D eigenvalue weighted by Crippen LogP contribution is -2.24. The van der Waals surface area contributed by atoms with Gasteiger partial charge in [0.15, 0.2) is 0 Å².